The molecular weight excluding hydrogens is 490 g/mol. The van der Waals surface area contributed by atoms with Gasteiger partial charge in [0.2, 0.25) is 0 Å². The summed E-state index contributed by atoms with van der Waals surface area (Å²) in [5.74, 6) is -4.39. The van der Waals surface area contributed by atoms with E-state index < -0.39 is 24.5 Å². The third-order valence-electron chi connectivity index (χ3n) is 7.78. The number of hydrogen-bond donors (Lipinski definition) is 2. The van der Waals surface area contributed by atoms with Crippen molar-refractivity contribution in [3.63, 3.8) is 0 Å². The predicted molar refractivity (Wildman–Crippen MR) is 145 cm³/mol. The van der Waals surface area contributed by atoms with Gasteiger partial charge in [-0.2, -0.15) is 8.78 Å². The molecule has 2 N–H and O–H groups in total. The Labute approximate surface area is 224 Å². The number of anilines is 1. The Morgan fingerprint density at radius 3 is 2.34 bits per heavy atom. The van der Waals surface area contributed by atoms with Gasteiger partial charge in [-0.25, -0.2) is 4.99 Å². The van der Waals surface area contributed by atoms with Crippen LogP contribution in [0.1, 0.15) is 62.7 Å². The Balaban J connectivity index is 1.49. The van der Waals surface area contributed by atoms with Gasteiger partial charge in [-0.05, 0) is 83.9 Å². The van der Waals surface area contributed by atoms with Crippen LogP contribution in [0.25, 0.3) is 0 Å². The van der Waals surface area contributed by atoms with Gasteiger partial charge in [0.25, 0.3) is 11.8 Å². The number of likely N-dealkylation sites (tertiary alicyclic amines) is 1. The lowest BCUT2D eigenvalue weighted by molar-refractivity contribution is -0.154. The summed E-state index contributed by atoms with van der Waals surface area (Å²) < 4.78 is 29.8. The van der Waals surface area contributed by atoms with E-state index in [1.165, 1.54) is 7.05 Å². The summed E-state index contributed by atoms with van der Waals surface area (Å²) in [4.78, 5) is 35.0. The molecule has 2 saturated heterocycles. The average Bonchev–Trinajstić information content (AvgIpc) is 3.41. The van der Waals surface area contributed by atoms with Crippen molar-refractivity contribution in [2.75, 3.05) is 39.0 Å². The first kappa shape index (κ1) is 28.0. The van der Waals surface area contributed by atoms with Crippen molar-refractivity contribution in [2.45, 2.75) is 76.5 Å². The highest BCUT2D eigenvalue weighted by Crippen LogP contribution is 2.33. The third-order valence-corrected chi connectivity index (χ3v) is 7.78. The molecule has 2 amide bonds. The molecule has 8 nitrogen and oxygen atoms in total. The molecular formula is C28H40F2N6O2. The van der Waals surface area contributed by atoms with Crippen molar-refractivity contribution in [2.24, 2.45) is 4.99 Å². The van der Waals surface area contributed by atoms with Crippen LogP contribution in [-0.4, -0.2) is 90.3 Å². The minimum absolute atomic E-state index is 0.0802. The van der Waals surface area contributed by atoms with Crippen LogP contribution < -0.4 is 10.6 Å². The van der Waals surface area contributed by atoms with Crippen LogP contribution in [0.5, 0.6) is 0 Å². The lowest BCUT2D eigenvalue weighted by Gasteiger charge is -2.33. The zero-order valence-corrected chi connectivity index (χ0v) is 22.8. The van der Waals surface area contributed by atoms with Gasteiger partial charge in [0.05, 0.1) is 12.2 Å². The number of benzene rings is 1. The fourth-order valence-corrected chi connectivity index (χ4v) is 5.59. The molecule has 1 saturated carbocycles. The van der Waals surface area contributed by atoms with Gasteiger partial charge in [-0.15, -0.1) is 0 Å². The Kier molecular flexibility index (Phi) is 8.70. The molecule has 1 unspecified atom stereocenters. The van der Waals surface area contributed by atoms with Gasteiger partial charge >= 0.3 is 5.92 Å². The number of likely N-dealkylation sites (N-methyl/N-ethyl adjacent to an activating group) is 1. The molecule has 2 heterocycles. The van der Waals surface area contributed by atoms with Crippen LogP contribution in [0.2, 0.25) is 0 Å². The van der Waals surface area contributed by atoms with Gasteiger partial charge < -0.3 is 25.3 Å². The number of rotatable bonds is 6. The smallest absolute Gasteiger partial charge is 0.342 e. The fourth-order valence-electron chi connectivity index (χ4n) is 5.59. The number of allylic oxidation sites excluding steroid dienone is 1. The third kappa shape index (κ3) is 6.34. The molecule has 1 aliphatic carbocycles. The predicted octanol–water partition coefficient (Wildman–Crippen LogP) is 3.92. The van der Waals surface area contributed by atoms with E-state index in [9.17, 15) is 18.4 Å². The highest BCUT2D eigenvalue weighted by atomic mass is 19.3. The maximum atomic E-state index is 14.9. The number of carbonyl (C=O) groups excluding carboxylic acids is 2. The lowest BCUT2D eigenvalue weighted by Crippen LogP contribution is -2.47. The highest BCUT2D eigenvalue weighted by molar-refractivity contribution is 6.04. The number of carbonyl (C=O) groups is 2. The first-order valence-electron chi connectivity index (χ1n) is 13.6. The van der Waals surface area contributed by atoms with E-state index in [4.69, 9.17) is 4.99 Å². The van der Waals surface area contributed by atoms with Crippen LogP contribution in [0.15, 0.2) is 41.0 Å². The molecule has 10 heteroatoms. The summed E-state index contributed by atoms with van der Waals surface area (Å²) in [7, 11) is 3.47. The molecule has 2 aliphatic heterocycles. The molecule has 38 heavy (non-hydrogen) atoms. The highest BCUT2D eigenvalue weighted by Gasteiger charge is 2.49. The molecule has 208 valence electrons. The van der Waals surface area contributed by atoms with E-state index in [0.29, 0.717) is 17.1 Å². The number of piperidine rings is 1. The van der Waals surface area contributed by atoms with Crippen molar-refractivity contribution in [1.29, 1.82) is 0 Å². The lowest BCUT2D eigenvalue weighted by atomic mass is 10.0. The maximum Gasteiger partial charge on any atom is 0.342 e. The molecule has 0 bridgehead atoms. The van der Waals surface area contributed by atoms with E-state index in [1.54, 1.807) is 30.0 Å². The van der Waals surface area contributed by atoms with E-state index in [1.807, 2.05) is 19.1 Å². The number of halogens is 2. The first-order chi connectivity index (χ1) is 18.1. The standard InChI is InChI=1S/C28H40F2N6O2/c1-5-24-25(36(23-8-6-7-9-23)18-28(29,30)27(38)35(24)4)32-19(2)31-21-12-10-20(11-13-21)26(37)33-22-14-16-34(3)17-15-22/h5,10-13,19,22-23,31H,6-9,14-18H2,1-4H3,(H,33,37)/b24-5+,32-25+. The second-order valence-corrected chi connectivity index (χ2v) is 10.7. The van der Waals surface area contributed by atoms with Crippen LogP contribution in [0.4, 0.5) is 14.5 Å². The van der Waals surface area contributed by atoms with Crippen LogP contribution >= 0.6 is 0 Å². The van der Waals surface area contributed by atoms with Crippen molar-refractivity contribution >= 4 is 23.3 Å². The molecule has 0 radical (unpaired) electrons. The topological polar surface area (TPSA) is 80.3 Å². The second kappa shape index (κ2) is 11.8. The van der Waals surface area contributed by atoms with Crippen molar-refractivity contribution < 1.29 is 18.4 Å². The summed E-state index contributed by atoms with van der Waals surface area (Å²) >= 11 is 0. The summed E-state index contributed by atoms with van der Waals surface area (Å²) in [6, 6.07) is 7.29. The number of aliphatic imine (C=N–C) groups is 1. The largest absolute Gasteiger partial charge is 0.364 e. The minimum atomic E-state index is -3.50. The molecule has 3 aliphatic rings. The monoisotopic (exact) mass is 530 g/mol. The van der Waals surface area contributed by atoms with Gasteiger partial charge in [0.1, 0.15) is 12.0 Å². The fraction of sp³-hybridized carbons (Fsp3) is 0.607. The minimum Gasteiger partial charge on any atom is -0.364 e. The summed E-state index contributed by atoms with van der Waals surface area (Å²) in [6.07, 6.45) is 6.64. The summed E-state index contributed by atoms with van der Waals surface area (Å²) in [5.41, 5.74) is 1.73. The van der Waals surface area contributed by atoms with E-state index in [-0.39, 0.29) is 18.0 Å². The summed E-state index contributed by atoms with van der Waals surface area (Å²) in [5, 5.41) is 6.42. The Hall–Kier alpha value is -3.01. The molecule has 1 aromatic rings. The Bertz CT molecular complexity index is 1060. The van der Waals surface area contributed by atoms with Gasteiger partial charge in [-0.1, -0.05) is 18.9 Å². The molecule has 3 fully saturated rings. The quantitative estimate of drug-likeness (QED) is 0.583. The number of amides is 2. The van der Waals surface area contributed by atoms with Crippen molar-refractivity contribution in [3.8, 4) is 0 Å². The molecule has 1 atom stereocenters. The van der Waals surface area contributed by atoms with Gasteiger partial charge in [-0.3, -0.25) is 9.59 Å². The maximum absolute atomic E-state index is 14.9. The average molecular weight is 531 g/mol. The first-order valence-corrected chi connectivity index (χ1v) is 13.6. The Morgan fingerprint density at radius 1 is 1.11 bits per heavy atom. The zero-order valence-electron chi connectivity index (χ0n) is 22.8. The zero-order chi connectivity index (χ0) is 27.4. The Morgan fingerprint density at radius 2 is 1.74 bits per heavy atom. The van der Waals surface area contributed by atoms with Crippen molar-refractivity contribution in [1.82, 2.24) is 20.0 Å². The van der Waals surface area contributed by atoms with Crippen molar-refractivity contribution in [3.05, 3.63) is 41.6 Å². The number of hydrogen-bond acceptors (Lipinski definition) is 5. The SMILES string of the molecule is C/C=C1\C(=N/C(C)Nc2ccc(C(=O)NC3CCN(C)CC3)cc2)N(C2CCCC2)CC(F)(F)C(=O)N1C. The van der Waals surface area contributed by atoms with Crippen LogP contribution in [0, 0.1) is 0 Å². The number of nitrogens with one attached hydrogen (secondary N) is 2. The van der Waals surface area contributed by atoms with Gasteiger partial charge in [0.15, 0.2) is 0 Å². The summed E-state index contributed by atoms with van der Waals surface area (Å²) in [6.45, 7) is 4.85. The molecule has 1 aromatic carbocycles. The number of alkyl halides is 2. The number of nitrogens with zero attached hydrogens (tertiary/aromatic N) is 4. The molecule has 0 spiro atoms. The molecule has 4 rings (SSSR count). The number of amidine groups is 1. The molecule has 0 aromatic heterocycles. The van der Waals surface area contributed by atoms with E-state index in [0.717, 1.165) is 62.2 Å². The second-order valence-electron chi connectivity index (χ2n) is 10.7. The van der Waals surface area contributed by atoms with Crippen LogP contribution in [-0.2, 0) is 4.79 Å². The normalized spacial score (nSPS) is 24.6. The van der Waals surface area contributed by atoms with E-state index in [2.05, 4.69) is 22.6 Å². The van der Waals surface area contributed by atoms with Gasteiger partial charge in [0, 0.05) is 30.4 Å². The van der Waals surface area contributed by atoms with E-state index >= 15 is 0 Å². The van der Waals surface area contributed by atoms with Crippen LogP contribution in [0.3, 0.4) is 0 Å².